The van der Waals surface area contributed by atoms with E-state index in [9.17, 15) is 19.1 Å². The SMILES string of the molecule is COc1ccc2c(c1F)C(=O)N(CC1(C#Cc3ccc(-c4cccc(N5CCN(C6CCCCC6)CC5)n4)c(F)c3)NC(O)NC1=O)C2. The molecule has 10 nitrogen and oxygen atoms in total. The van der Waals surface area contributed by atoms with Crippen LogP contribution in [0.25, 0.3) is 11.3 Å². The first-order chi connectivity index (χ1) is 23.2. The van der Waals surface area contributed by atoms with Crippen molar-refractivity contribution >= 4 is 17.6 Å². The highest BCUT2D eigenvalue weighted by Crippen LogP contribution is 2.32. The number of nitrogens with zero attached hydrogens (tertiary/aromatic N) is 4. The topological polar surface area (TPSA) is 110 Å². The summed E-state index contributed by atoms with van der Waals surface area (Å²) in [6.07, 6.45) is 5.11. The number of methoxy groups -OCH3 is 1. The van der Waals surface area contributed by atoms with Gasteiger partial charge in [0.15, 0.2) is 23.5 Å². The highest BCUT2D eigenvalue weighted by molar-refractivity contribution is 6.00. The minimum atomic E-state index is -1.73. The predicted octanol–water partition coefficient (Wildman–Crippen LogP) is 3.23. The molecule has 2 unspecified atom stereocenters. The third-order valence-corrected chi connectivity index (χ3v) is 9.87. The number of aliphatic hydroxyl groups excluding tert-OH is 1. The lowest BCUT2D eigenvalue weighted by molar-refractivity contribution is -0.123. The first-order valence-corrected chi connectivity index (χ1v) is 16.5. The molecule has 1 aliphatic carbocycles. The molecule has 48 heavy (non-hydrogen) atoms. The zero-order chi connectivity index (χ0) is 33.4. The van der Waals surface area contributed by atoms with Crippen LogP contribution >= 0.6 is 0 Å². The van der Waals surface area contributed by atoms with Gasteiger partial charge in [0.05, 0.1) is 24.9 Å². The van der Waals surface area contributed by atoms with Gasteiger partial charge >= 0.3 is 0 Å². The van der Waals surface area contributed by atoms with Crippen LogP contribution in [0.4, 0.5) is 14.6 Å². The van der Waals surface area contributed by atoms with E-state index in [-0.39, 0.29) is 30.0 Å². The first-order valence-electron chi connectivity index (χ1n) is 16.5. The minimum absolute atomic E-state index is 0.0369. The van der Waals surface area contributed by atoms with Gasteiger partial charge in [-0.15, -0.1) is 0 Å². The standard InChI is InChI=1S/C36H38F2N6O4/c1-48-29-13-11-24-21-44(33(45)31(24)32(29)38)22-36(34(46)40-35(47)41-36)15-14-23-10-12-26(27(37)20-23)28-8-5-9-30(39-28)43-18-16-42(17-19-43)25-6-3-2-4-7-25/h5,8-13,20,25,35,41,47H,2-4,6-7,16-19,21-22H2,1H3,(H,40,46). The van der Waals surface area contributed by atoms with E-state index in [0.29, 0.717) is 22.9 Å². The number of piperazine rings is 1. The second-order valence-electron chi connectivity index (χ2n) is 12.8. The van der Waals surface area contributed by atoms with E-state index in [1.807, 2.05) is 12.1 Å². The number of benzene rings is 2. The molecule has 3 aromatic rings. The molecule has 250 valence electrons. The number of rotatable bonds is 6. The largest absolute Gasteiger partial charge is 0.494 e. The summed E-state index contributed by atoms with van der Waals surface area (Å²) in [5, 5.41) is 15.3. The molecule has 3 fully saturated rings. The molecular weight excluding hydrogens is 618 g/mol. The molecule has 1 aromatic heterocycles. The smallest absolute Gasteiger partial charge is 0.257 e. The monoisotopic (exact) mass is 656 g/mol. The van der Waals surface area contributed by atoms with Crippen molar-refractivity contribution in [3.63, 3.8) is 0 Å². The summed E-state index contributed by atoms with van der Waals surface area (Å²) in [4.78, 5) is 37.2. The number of hydrogen-bond acceptors (Lipinski definition) is 8. The Bertz CT molecular complexity index is 1800. The van der Waals surface area contributed by atoms with Gasteiger partial charge in [-0.2, -0.15) is 0 Å². The summed E-state index contributed by atoms with van der Waals surface area (Å²) in [5.74, 6) is 3.82. The van der Waals surface area contributed by atoms with Crippen LogP contribution in [0.2, 0.25) is 0 Å². The van der Waals surface area contributed by atoms with Crippen molar-refractivity contribution in [2.24, 2.45) is 0 Å². The van der Waals surface area contributed by atoms with E-state index >= 15 is 4.39 Å². The number of anilines is 1. The third kappa shape index (κ3) is 6.09. The molecular formula is C36H38F2N6O4. The number of nitrogens with one attached hydrogen (secondary N) is 2. The summed E-state index contributed by atoms with van der Waals surface area (Å²) < 4.78 is 35.5. The number of pyridine rings is 1. The van der Waals surface area contributed by atoms with Crippen LogP contribution in [0.15, 0.2) is 48.5 Å². The molecule has 0 radical (unpaired) electrons. The zero-order valence-electron chi connectivity index (χ0n) is 26.8. The van der Waals surface area contributed by atoms with Crippen LogP contribution in [0.5, 0.6) is 5.75 Å². The number of amides is 2. The molecule has 12 heteroatoms. The normalized spacial score (nSPS) is 23.1. The predicted molar refractivity (Wildman–Crippen MR) is 175 cm³/mol. The fourth-order valence-electron chi connectivity index (χ4n) is 7.29. The fourth-order valence-corrected chi connectivity index (χ4v) is 7.29. The van der Waals surface area contributed by atoms with Gasteiger partial charge in [-0.05, 0) is 54.8 Å². The highest BCUT2D eigenvalue weighted by Gasteiger charge is 2.48. The molecule has 4 heterocycles. The second-order valence-corrected chi connectivity index (χ2v) is 12.8. The molecule has 2 saturated heterocycles. The summed E-state index contributed by atoms with van der Waals surface area (Å²) in [7, 11) is 1.31. The second kappa shape index (κ2) is 13.1. The minimum Gasteiger partial charge on any atom is -0.494 e. The molecule has 3 N–H and O–H groups in total. The molecule has 0 bridgehead atoms. The third-order valence-electron chi connectivity index (χ3n) is 9.87. The van der Waals surface area contributed by atoms with Gasteiger partial charge in [-0.1, -0.05) is 43.2 Å². The molecule has 3 aliphatic heterocycles. The highest BCUT2D eigenvalue weighted by atomic mass is 19.1. The van der Waals surface area contributed by atoms with Gasteiger partial charge in [-0.3, -0.25) is 14.5 Å². The number of aliphatic hydroxyl groups is 1. The first kappa shape index (κ1) is 32.0. The van der Waals surface area contributed by atoms with Crippen LogP contribution in [0.1, 0.15) is 53.6 Å². The Kier molecular flexibility index (Phi) is 8.76. The van der Waals surface area contributed by atoms with Crippen LogP contribution in [0.3, 0.4) is 0 Å². The van der Waals surface area contributed by atoms with Crippen molar-refractivity contribution in [3.05, 3.63) is 76.9 Å². The average molecular weight is 657 g/mol. The Morgan fingerprint density at radius 2 is 1.83 bits per heavy atom. The van der Waals surface area contributed by atoms with Gasteiger partial charge in [-0.25, -0.2) is 19.1 Å². The van der Waals surface area contributed by atoms with Crippen molar-refractivity contribution in [2.75, 3.05) is 44.7 Å². The van der Waals surface area contributed by atoms with Crippen molar-refractivity contribution in [1.29, 1.82) is 0 Å². The van der Waals surface area contributed by atoms with E-state index in [0.717, 1.165) is 32.0 Å². The van der Waals surface area contributed by atoms with E-state index < -0.39 is 35.3 Å². The lowest BCUT2D eigenvalue weighted by atomic mass is 9.94. The number of carbonyl (C=O) groups excluding carboxylic acids is 2. The van der Waals surface area contributed by atoms with E-state index in [1.165, 1.54) is 56.2 Å². The Morgan fingerprint density at radius 1 is 1.04 bits per heavy atom. The average Bonchev–Trinajstić information content (AvgIpc) is 3.57. The van der Waals surface area contributed by atoms with Crippen LogP contribution < -0.4 is 20.3 Å². The van der Waals surface area contributed by atoms with E-state index in [4.69, 9.17) is 9.72 Å². The number of carbonyl (C=O) groups is 2. The number of fused-ring (bicyclic) bond motifs is 1. The molecule has 2 aromatic carbocycles. The van der Waals surface area contributed by atoms with Gasteiger partial charge in [0.25, 0.3) is 11.8 Å². The Labute approximate surface area is 278 Å². The maximum Gasteiger partial charge on any atom is 0.257 e. The Hall–Kier alpha value is -4.57. The number of hydrogen-bond donors (Lipinski definition) is 3. The van der Waals surface area contributed by atoms with E-state index in [2.05, 4.69) is 32.3 Å². The van der Waals surface area contributed by atoms with Crippen molar-refractivity contribution < 1.29 is 28.2 Å². The van der Waals surface area contributed by atoms with Gasteiger partial charge in [0, 0.05) is 49.9 Å². The van der Waals surface area contributed by atoms with Gasteiger partial charge < -0.3 is 25.0 Å². The van der Waals surface area contributed by atoms with Gasteiger partial charge in [0.2, 0.25) is 0 Å². The summed E-state index contributed by atoms with van der Waals surface area (Å²) in [6, 6.07) is 13.9. The van der Waals surface area contributed by atoms with E-state index in [1.54, 1.807) is 24.3 Å². The molecule has 2 amide bonds. The Morgan fingerprint density at radius 3 is 2.54 bits per heavy atom. The van der Waals surface area contributed by atoms with Crippen molar-refractivity contribution in [3.8, 4) is 28.8 Å². The van der Waals surface area contributed by atoms with Crippen LogP contribution in [-0.2, 0) is 11.3 Å². The van der Waals surface area contributed by atoms with Gasteiger partial charge in [0.1, 0.15) is 11.6 Å². The number of aromatic nitrogens is 1. The zero-order valence-corrected chi connectivity index (χ0v) is 26.8. The molecule has 2 atom stereocenters. The van der Waals surface area contributed by atoms with Crippen molar-refractivity contribution in [2.45, 2.75) is 56.6 Å². The number of halogens is 2. The summed E-state index contributed by atoms with van der Waals surface area (Å²) in [6.45, 7) is 3.49. The maximum atomic E-state index is 15.6. The molecule has 7 rings (SSSR count). The quantitative estimate of drug-likeness (QED) is 0.347. The number of ether oxygens (including phenoxy) is 1. The molecule has 4 aliphatic rings. The van der Waals surface area contributed by atoms with Crippen molar-refractivity contribution in [1.82, 2.24) is 25.4 Å². The lowest BCUT2D eigenvalue weighted by Gasteiger charge is -2.41. The lowest BCUT2D eigenvalue weighted by Crippen LogP contribution is -2.55. The van der Waals surface area contributed by atoms with Crippen LogP contribution in [0, 0.1) is 23.5 Å². The summed E-state index contributed by atoms with van der Waals surface area (Å²) >= 11 is 0. The van der Waals surface area contributed by atoms with Crippen LogP contribution in [-0.4, -0.2) is 89.5 Å². The molecule has 0 spiro atoms. The summed E-state index contributed by atoms with van der Waals surface area (Å²) in [5.41, 5.74) is -0.308. The fraction of sp³-hybridized carbons (Fsp3) is 0.417. The Balaban J connectivity index is 1.07. The maximum absolute atomic E-state index is 15.6. The molecule has 1 saturated carbocycles.